The maximum atomic E-state index is 11.8. The lowest BCUT2D eigenvalue weighted by atomic mass is 10.1. The predicted molar refractivity (Wildman–Crippen MR) is 72.2 cm³/mol. The van der Waals surface area contributed by atoms with Gasteiger partial charge >= 0.3 is 0 Å². The lowest BCUT2D eigenvalue weighted by molar-refractivity contribution is -0.121. The van der Waals surface area contributed by atoms with Crippen molar-refractivity contribution in [3.05, 3.63) is 35.4 Å². The van der Waals surface area contributed by atoms with E-state index in [1.54, 1.807) is 24.3 Å². The molecule has 0 spiro atoms. The zero-order valence-electron chi connectivity index (χ0n) is 10.8. The Balaban J connectivity index is 1.89. The summed E-state index contributed by atoms with van der Waals surface area (Å²) in [5, 5.41) is 16.9. The number of hydrogen-bond donors (Lipinski definition) is 4. The second kappa shape index (κ2) is 6.05. The van der Waals surface area contributed by atoms with Crippen LogP contribution < -0.4 is 16.4 Å². The molecule has 0 aromatic heterocycles. The molecule has 1 unspecified atom stereocenters. The Morgan fingerprint density at radius 1 is 1.45 bits per heavy atom. The summed E-state index contributed by atoms with van der Waals surface area (Å²) in [5.41, 5.74) is 6.85. The minimum atomic E-state index is -0.136. The number of nitrogens with two attached hydrogens (primary N) is 1. The van der Waals surface area contributed by atoms with Crippen molar-refractivity contribution in [2.75, 3.05) is 6.54 Å². The molecule has 0 bridgehead atoms. The van der Waals surface area contributed by atoms with Crippen LogP contribution >= 0.6 is 0 Å². The number of nitrogens with zero attached hydrogens (tertiary/aromatic N) is 1. The van der Waals surface area contributed by atoms with E-state index in [2.05, 4.69) is 15.8 Å². The SMILES string of the molecule is N/C(=N/O)c1ccc(CC(=O)NC2CNC(=O)C2)cc1. The summed E-state index contributed by atoms with van der Waals surface area (Å²) < 4.78 is 0. The summed E-state index contributed by atoms with van der Waals surface area (Å²) in [6, 6.07) is 6.71. The van der Waals surface area contributed by atoms with Crippen molar-refractivity contribution >= 4 is 17.6 Å². The van der Waals surface area contributed by atoms with Crippen molar-refractivity contribution in [1.82, 2.24) is 10.6 Å². The number of nitrogens with one attached hydrogen (secondary N) is 2. The molecule has 1 fully saturated rings. The highest BCUT2D eigenvalue weighted by Crippen LogP contribution is 2.06. The number of carbonyl (C=O) groups excluding carboxylic acids is 2. The first-order valence-electron chi connectivity index (χ1n) is 6.21. The molecule has 2 amide bonds. The number of amidine groups is 1. The third-order valence-electron chi connectivity index (χ3n) is 3.06. The molecule has 5 N–H and O–H groups in total. The standard InChI is InChI=1S/C13H16N4O3/c14-13(17-20)9-3-1-8(2-4-9)5-12(19)16-10-6-11(18)15-7-10/h1-4,10,20H,5-7H2,(H2,14,17)(H,15,18)(H,16,19). The number of rotatable bonds is 4. The highest BCUT2D eigenvalue weighted by atomic mass is 16.4. The Bertz CT molecular complexity index is 539. The fraction of sp³-hybridized carbons (Fsp3) is 0.308. The van der Waals surface area contributed by atoms with Crippen LogP contribution in [-0.2, 0) is 16.0 Å². The van der Waals surface area contributed by atoms with Crippen LogP contribution in [0.2, 0.25) is 0 Å². The Morgan fingerprint density at radius 2 is 2.15 bits per heavy atom. The average molecular weight is 276 g/mol. The van der Waals surface area contributed by atoms with Crippen molar-refractivity contribution in [2.24, 2.45) is 10.9 Å². The molecule has 1 aromatic carbocycles. The van der Waals surface area contributed by atoms with E-state index in [4.69, 9.17) is 10.9 Å². The molecule has 2 rings (SSSR count). The fourth-order valence-corrected chi connectivity index (χ4v) is 2.02. The number of carbonyl (C=O) groups is 2. The van der Waals surface area contributed by atoms with Crippen LogP contribution in [-0.4, -0.2) is 35.4 Å². The second-order valence-electron chi connectivity index (χ2n) is 4.63. The van der Waals surface area contributed by atoms with Gasteiger partial charge in [0.05, 0.1) is 12.5 Å². The van der Waals surface area contributed by atoms with Crippen LogP contribution in [0.5, 0.6) is 0 Å². The molecule has 1 aliphatic rings. The lowest BCUT2D eigenvalue weighted by Crippen LogP contribution is -2.37. The quantitative estimate of drug-likeness (QED) is 0.252. The van der Waals surface area contributed by atoms with Crippen molar-refractivity contribution < 1.29 is 14.8 Å². The molecule has 1 aliphatic heterocycles. The predicted octanol–water partition coefficient (Wildman–Crippen LogP) is -0.672. The molecule has 1 atom stereocenters. The van der Waals surface area contributed by atoms with Gasteiger partial charge in [-0.15, -0.1) is 0 Å². The van der Waals surface area contributed by atoms with Crippen LogP contribution in [0.3, 0.4) is 0 Å². The molecule has 0 saturated carbocycles. The Kier molecular flexibility index (Phi) is 4.19. The molecule has 1 saturated heterocycles. The Labute approximate surface area is 115 Å². The normalized spacial score (nSPS) is 18.7. The minimum Gasteiger partial charge on any atom is -0.409 e. The van der Waals surface area contributed by atoms with Gasteiger partial charge in [0, 0.05) is 18.5 Å². The van der Waals surface area contributed by atoms with Crippen molar-refractivity contribution in [3.8, 4) is 0 Å². The van der Waals surface area contributed by atoms with Gasteiger partial charge in [-0.2, -0.15) is 0 Å². The molecular weight excluding hydrogens is 260 g/mol. The van der Waals surface area contributed by atoms with E-state index in [0.29, 0.717) is 18.5 Å². The zero-order chi connectivity index (χ0) is 14.5. The van der Waals surface area contributed by atoms with E-state index in [9.17, 15) is 9.59 Å². The number of amides is 2. The topological polar surface area (TPSA) is 117 Å². The van der Waals surface area contributed by atoms with E-state index in [1.807, 2.05) is 0 Å². The highest BCUT2D eigenvalue weighted by molar-refractivity contribution is 5.97. The van der Waals surface area contributed by atoms with Gasteiger partial charge in [0.2, 0.25) is 11.8 Å². The summed E-state index contributed by atoms with van der Waals surface area (Å²) >= 11 is 0. The average Bonchev–Trinajstić information content (AvgIpc) is 2.84. The maximum absolute atomic E-state index is 11.8. The van der Waals surface area contributed by atoms with Crippen LogP contribution in [0.1, 0.15) is 17.5 Å². The van der Waals surface area contributed by atoms with Gasteiger partial charge in [0.25, 0.3) is 0 Å². The van der Waals surface area contributed by atoms with Crippen molar-refractivity contribution in [3.63, 3.8) is 0 Å². The zero-order valence-corrected chi connectivity index (χ0v) is 10.8. The fourth-order valence-electron chi connectivity index (χ4n) is 2.02. The summed E-state index contributed by atoms with van der Waals surface area (Å²) in [4.78, 5) is 22.8. The van der Waals surface area contributed by atoms with E-state index in [1.165, 1.54) is 0 Å². The van der Waals surface area contributed by atoms with Crippen LogP contribution in [0.25, 0.3) is 0 Å². The first kappa shape index (κ1) is 13.9. The molecule has 0 radical (unpaired) electrons. The van der Waals surface area contributed by atoms with Gasteiger partial charge in [-0.25, -0.2) is 0 Å². The molecular formula is C13H16N4O3. The van der Waals surface area contributed by atoms with Gasteiger partial charge in [-0.1, -0.05) is 29.4 Å². The summed E-state index contributed by atoms with van der Waals surface area (Å²) in [5.74, 6) is -0.155. The molecule has 106 valence electrons. The number of oxime groups is 1. The second-order valence-corrected chi connectivity index (χ2v) is 4.63. The van der Waals surface area contributed by atoms with E-state index < -0.39 is 0 Å². The number of hydrogen-bond acceptors (Lipinski definition) is 4. The highest BCUT2D eigenvalue weighted by Gasteiger charge is 2.22. The first-order chi connectivity index (χ1) is 9.58. The summed E-state index contributed by atoms with van der Waals surface area (Å²) in [6.07, 6.45) is 0.551. The molecule has 1 aromatic rings. The lowest BCUT2D eigenvalue weighted by Gasteiger charge is -2.10. The van der Waals surface area contributed by atoms with Gasteiger partial charge in [0.15, 0.2) is 5.84 Å². The summed E-state index contributed by atoms with van der Waals surface area (Å²) in [6.45, 7) is 0.479. The van der Waals surface area contributed by atoms with E-state index in [0.717, 1.165) is 5.56 Å². The van der Waals surface area contributed by atoms with Crippen LogP contribution in [0, 0.1) is 0 Å². The van der Waals surface area contributed by atoms with E-state index in [-0.39, 0.29) is 30.1 Å². The van der Waals surface area contributed by atoms with Crippen LogP contribution in [0.4, 0.5) is 0 Å². The number of benzene rings is 1. The molecule has 7 nitrogen and oxygen atoms in total. The smallest absolute Gasteiger partial charge is 0.224 e. The van der Waals surface area contributed by atoms with Gasteiger partial charge in [-0.3, -0.25) is 9.59 Å². The molecule has 7 heteroatoms. The van der Waals surface area contributed by atoms with Gasteiger partial charge in [-0.05, 0) is 5.56 Å². The Morgan fingerprint density at radius 3 is 2.70 bits per heavy atom. The Hall–Kier alpha value is -2.57. The van der Waals surface area contributed by atoms with Crippen molar-refractivity contribution in [1.29, 1.82) is 0 Å². The monoisotopic (exact) mass is 276 g/mol. The third-order valence-corrected chi connectivity index (χ3v) is 3.06. The summed E-state index contributed by atoms with van der Waals surface area (Å²) in [7, 11) is 0. The minimum absolute atomic E-state index is 0.0246. The first-order valence-corrected chi connectivity index (χ1v) is 6.21. The maximum Gasteiger partial charge on any atom is 0.224 e. The van der Waals surface area contributed by atoms with E-state index >= 15 is 0 Å². The molecule has 20 heavy (non-hydrogen) atoms. The molecule has 1 heterocycles. The van der Waals surface area contributed by atoms with Gasteiger partial charge < -0.3 is 21.6 Å². The molecule has 0 aliphatic carbocycles. The van der Waals surface area contributed by atoms with Gasteiger partial charge in [0.1, 0.15) is 0 Å². The van der Waals surface area contributed by atoms with Crippen molar-refractivity contribution in [2.45, 2.75) is 18.9 Å². The largest absolute Gasteiger partial charge is 0.409 e. The third kappa shape index (κ3) is 3.47. The van der Waals surface area contributed by atoms with Crippen LogP contribution in [0.15, 0.2) is 29.4 Å².